The van der Waals surface area contributed by atoms with Gasteiger partial charge >= 0.3 is 6.16 Å². The molecule has 3 nitrogen and oxygen atoms in total. The molecule has 0 spiro atoms. The van der Waals surface area contributed by atoms with Gasteiger partial charge in [-0.3, -0.25) is 0 Å². The molecule has 22 heavy (non-hydrogen) atoms. The molecule has 0 rings (SSSR count). The van der Waals surface area contributed by atoms with E-state index in [0.717, 1.165) is 19.3 Å². The van der Waals surface area contributed by atoms with Gasteiger partial charge in [-0.15, -0.1) is 0 Å². The Labute approximate surface area is 138 Å². The minimum atomic E-state index is -0.513. The molecule has 0 radical (unpaired) electrons. The second kappa shape index (κ2) is 18.3. The Morgan fingerprint density at radius 2 is 0.955 bits per heavy atom. The van der Waals surface area contributed by atoms with Crippen LogP contribution in [-0.4, -0.2) is 19.4 Å². The smallest absolute Gasteiger partial charge is 0.434 e. The Kier molecular flexibility index (Phi) is 17.7. The Morgan fingerprint density at radius 1 is 0.545 bits per heavy atom. The maximum atomic E-state index is 11.1. The molecule has 0 amide bonds. The molecule has 0 fully saturated rings. The summed E-state index contributed by atoms with van der Waals surface area (Å²) in [7, 11) is 0. The molecule has 0 aromatic rings. The van der Waals surface area contributed by atoms with Crippen molar-refractivity contribution in [2.24, 2.45) is 0 Å². The first-order valence-corrected chi connectivity index (χ1v) is 9.60. The highest BCUT2D eigenvalue weighted by Crippen LogP contribution is 2.12. The fourth-order valence-corrected chi connectivity index (χ4v) is 2.50. The summed E-state index contributed by atoms with van der Waals surface area (Å²) in [5.74, 6) is 0. The molecule has 0 saturated heterocycles. The van der Waals surface area contributed by atoms with E-state index in [-0.39, 0.29) is 0 Å². The van der Waals surface area contributed by atoms with Gasteiger partial charge in [0, 0.05) is 0 Å². The molecular formula is C19H38O3. The lowest BCUT2D eigenvalue weighted by Gasteiger charge is -2.05. The molecule has 132 valence electrons. The van der Waals surface area contributed by atoms with Crippen LogP contribution >= 0.6 is 0 Å². The first kappa shape index (κ1) is 21.3. The summed E-state index contributed by atoms with van der Waals surface area (Å²) in [4.78, 5) is 11.1. The SMILES string of the molecule is CCCCCCCCCCCCCCCOC(=O)OCCC. The van der Waals surface area contributed by atoms with Crippen molar-refractivity contribution in [2.75, 3.05) is 13.2 Å². The topological polar surface area (TPSA) is 35.5 Å². The van der Waals surface area contributed by atoms with Crippen molar-refractivity contribution < 1.29 is 14.3 Å². The molecule has 3 heteroatoms. The highest BCUT2D eigenvalue weighted by atomic mass is 16.7. The van der Waals surface area contributed by atoms with Crippen LogP contribution < -0.4 is 0 Å². The second-order valence-electron chi connectivity index (χ2n) is 6.19. The van der Waals surface area contributed by atoms with Gasteiger partial charge in [0.05, 0.1) is 13.2 Å². The van der Waals surface area contributed by atoms with E-state index < -0.39 is 6.16 Å². The summed E-state index contributed by atoms with van der Waals surface area (Å²) in [6.07, 6.45) is 17.6. The van der Waals surface area contributed by atoms with Crippen molar-refractivity contribution in [1.29, 1.82) is 0 Å². The summed E-state index contributed by atoms with van der Waals surface area (Å²) in [6, 6.07) is 0. The molecule has 0 aliphatic rings. The molecule has 0 aliphatic heterocycles. The predicted octanol–water partition coefficient (Wildman–Crippen LogP) is 6.64. The number of rotatable bonds is 16. The average molecular weight is 315 g/mol. The van der Waals surface area contributed by atoms with Gasteiger partial charge in [0.25, 0.3) is 0 Å². The fourth-order valence-electron chi connectivity index (χ4n) is 2.50. The number of carbonyl (C=O) groups excluding carboxylic acids is 1. The van der Waals surface area contributed by atoms with Crippen LogP contribution in [0.1, 0.15) is 104 Å². The molecular weight excluding hydrogens is 276 g/mol. The average Bonchev–Trinajstić information content (AvgIpc) is 2.53. The highest BCUT2D eigenvalue weighted by molar-refractivity contribution is 5.59. The predicted molar refractivity (Wildman–Crippen MR) is 93.3 cm³/mol. The summed E-state index contributed by atoms with van der Waals surface area (Å²) in [6.45, 7) is 5.20. The van der Waals surface area contributed by atoms with Crippen LogP contribution in [0, 0.1) is 0 Å². The third-order valence-corrected chi connectivity index (χ3v) is 3.89. The zero-order valence-electron chi connectivity index (χ0n) is 15.0. The maximum Gasteiger partial charge on any atom is 0.508 e. The van der Waals surface area contributed by atoms with Crippen LogP contribution in [0.2, 0.25) is 0 Å². The molecule has 0 aromatic heterocycles. The van der Waals surface area contributed by atoms with Crippen LogP contribution in [0.25, 0.3) is 0 Å². The number of hydrogen-bond donors (Lipinski definition) is 0. The largest absolute Gasteiger partial charge is 0.508 e. The van der Waals surface area contributed by atoms with E-state index in [9.17, 15) is 4.79 Å². The molecule has 0 aliphatic carbocycles. The maximum absolute atomic E-state index is 11.1. The molecule has 0 heterocycles. The normalized spacial score (nSPS) is 10.6. The number of carbonyl (C=O) groups is 1. The van der Waals surface area contributed by atoms with Gasteiger partial charge in [0.15, 0.2) is 0 Å². The van der Waals surface area contributed by atoms with E-state index in [1.54, 1.807) is 0 Å². The van der Waals surface area contributed by atoms with E-state index in [4.69, 9.17) is 9.47 Å². The van der Waals surface area contributed by atoms with Crippen LogP contribution in [-0.2, 0) is 9.47 Å². The van der Waals surface area contributed by atoms with Gasteiger partial charge in [-0.2, -0.15) is 0 Å². The van der Waals surface area contributed by atoms with Crippen LogP contribution in [0.5, 0.6) is 0 Å². The van der Waals surface area contributed by atoms with E-state index in [0.29, 0.717) is 13.2 Å². The lowest BCUT2D eigenvalue weighted by atomic mass is 10.0. The van der Waals surface area contributed by atoms with E-state index >= 15 is 0 Å². The van der Waals surface area contributed by atoms with E-state index in [1.165, 1.54) is 70.6 Å². The number of ether oxygens (including phenoxy) is 2. The fraction of sp³-hybridized carbons (Fsp3) is 0.947. The van der Waals surface area contributed by atoms with E-state index in [2.05, 4.69) is 6.92 Å². The zero-order valence-corrected chi connectivity index (χ0v) is 15.0. The second-order valence-corrected chi connectivity index (χ2v) is 6.19. The van der Waals surface area contributed by atoms with Crippen molar-refractivity contribution >= 4 is 6.16 Å². The Morgan fingerprint density at radius 3 is 1.41 bits per heavy atom. The van der Waals surface area contributed by atoms with E-state index in [1.807, 2.05) is 6.92 Å². The van der Waals surface area contributed by atoms with Crippen molar-refractivity contribution in [1.82, 2.24) is 0 Å². The monoisotopic (exact) mass is 314 g/mol. The third kappa shape index (κ3) is 17.3. The molecule has 0 atom stereocenters. The van der Waals surface area contributed by atoms with Crippen molar-refractivity contribution in [3.63, 3.8) is 0 Å². The highest BCUT2D eigenvalue weighted by Gasteiger charge is 2.01. The first-order chi connectivity index (χ1) is 10.8. The molecule has 0 bridgehead atoms. The summed E-state index contributed by atoms with van der Waals surface area (Å²) in [5.41, 5.74) is 0. The summed E-state index contributed by atoms with van der Waals surface area (Å²) < 4.78 is 9.83. The summed E-state index contributed by atoms with van der Waals surface area (Å²) >= 11 is 0. The first-order valence-electron chi connectivity index (χ1n) is 9.60. The van der Waals surface area contributed by atoms with Crippen LogP contribution in [0.4, 0.5) is 4.79 Å². The molecule has 0 N–H and O–H groups in total. The molecule has 0 aromatic carbocycles. The van der Waals surface area contributed by atoms with Gasteiger partial charge in [0.2, 0.25) is 0 Å². The Bertz CT molecular complexity index is 229. The Hall–Kier alpha value is -0.730. The van der Waals surface area contributed by atoms with Gasteiger partial charge < -0.3 is 9.47 Å². The summed E-state index contributed by atoms with van der Waals surface area (Å²) in [5, 5.41) is 0. The number of unbranched alkanes of at least 4 members (excludes halogenated alkanes) is 12. The van der Waals surface area contributed by atoms with Gasteiger partial charge in [-0.25, -0.2) is 4.79 Å². The third-order valence-electron chi connectivity index (χ3n) is 3.89. The van der Waals surface area contributed by atoms with Gasteiger partial charge in [-0.1, -0.05) is 90.9 Å². The van der Waals surface area contributed by atoms with Crippen LogP contribution in [0.3, 0.4) is 0 Å². The standard InChI is InChI=1S/C19H38O3/c1-3-5-6-7-8-9-10-11-12-13-14-15-16-18-22-19(20)21-17-4-2/h3-18H2,1-2H3. The minimum absolute atomic E-state index is 0.456. The minimum Gasteiger partial charge on any atom is -0.434 e. The van der Waals surface area contributed by atoms with Crippen molar-refractivity contribution in [2.45, 2.75) is 104 Å². The number of hydrogen-bond acceptors (Lipinski definition) is 3. The quantitative estimate of drug-likeness (QED) is 0.236. The van der Waals surface area contributed by atoms with Crippen molar-refractivity contribution in [3.05, 3.63) is 0 Å². The van der Waals surface area contributed by atoms with Crippen LogP contribution in [0.15, 0.2) is 0 Å². The van der Waals surface area contributed by atoms with Gasteiger partial charge in [-0.05, 0) is 12.8 Å². The lowest BCUT2D eigenvalue weighted by Crippen LogP contribution is -2.08. The van der Waals surface area contributed by atoms with Gasteiger partial charge in [0.1, 0.15) is 0 Å². The molecule has 0 unspecified atom stereocenters. The zero-order chi connectivity index (χ0) is 16.3. The van der Waals surface area contributed by atoms with Crippen molar-refractivity contribution in [3.8, 4) is 0 Å². The lowest BCUT2D eigenvalue weighted by molar-refractivity contribution is 0.0541. The Balaban J connectivity index is 3.04. The molecule has 0 saturated carbocycles.